The van der Waals surface area contributed by atoms with Crippen molar-refractivity contribution in [3.8, 4) is 0 Å². The SMILES string of the molecule is [CH2]c1ccc(NC(=O)N(C)C)cc1. The molecule has 0 aliphatic carbocycles. The highest BCUT2D eigenvalue weighted by molar-refractivity contribution is 5.88. The van der Waals surface area contributed by atoms with Crippen molar-refractivity contribution in [2.45, 2.75) is 0 Å². The third kappa shape index (κ3) is 2.78. The topological polar surface area (TPSA) is 32.3 Å². The number of anilines is 1. The Bertz CT molecular complexity index is 290. The number of nitrogens with one attached hydrogen (secondary N) is 1. The second-order valence-corrected chi connectivity index (χ2v) is 3.02. The Morgan fingerprint density at radius 2 is 1.85 bits per heavy atom. The molecule has 0 bridgehead atoms. The average Bonchev–Trinajstić information content (AvgIpc) is 2.08. The molecule has 1 N–H and O–H groups in total. The van der Waals surface area contributed by atoms with Crippen LogP contribution in [0.15, 0.2) is 24.3 Å². The monoisotopic (exact) mass is 177 g/mol. The number of amides is 2. The number of carbonyl (C=O) groups excluding carboxylic acids is 1. The Morgan fingerprint density at radius 3 is 2.31 bits per heavy atom. The molecule has 1 rings (SSSR count). The van der Waals surface area contributed by atoms with Crippen LogP contribution >= 0.6 is 0 Å². The smallest absolute Gasteiger partial charge is 0.321 e. The van der Waals surface area contributed by atoms with Crippen molar-refractivity contribution in [3.63, 3.8) is 0 Å². The summed E-state index contributed by atoms with van der Waals surface area (Å²) in [6, 6.07) is 7.22. The summed E-state index contributed by atoms with van der Waals surface area (Å²) >= 11 is 0. The minimum absolute atomic E-state index is 0.128. The highest BCUT2D eigenvalue weighted by Crippen LogP contribution is 2.08. The van der Waals surface area contributed by atoms with E-state index < -0.39 is 0 Å². The lowest BCUT2D eigenvalue weighted by Crippen LogP contribution is -2.27. The normalized spacial score (nSPS) is 9.46. The van der Waals surface area contributed by atoms with Gasteiger partial charge in [-0.3, -0.25) is 0 Å². The zero-order valence-corrected chi connectivity index (χ0v) is 7.87. The van der Waals surface area contributed by atoms with E-state index in [0.717, 1.165) is 11.3 Å². The van der Waals surface area contributed by atoms with Crippen LogP contribution in [0.2, 0.25) is 0 Å². The van der Waals surface area contributed by atoms with E-state index in [2.05, 4.69) is 12.2 Å². The van der Waals surface area contributed by atoms with Gasteiger partial charge in [-0.25, -0.2) is 4.79 Å². The number of benzene rings is 1. The first kappa shape index (κ1) is 9.58. The summed E-state index contributed by atoms with van der Waals surface area (Å²) in [6.45, 7) is 3.75. The van der Waals surface area contributed by atoms with Crippen molar-refractivity contribution in [1.82, 2.24) is 4.90 Å². The first-order chi connectivity index (χ1) is 6.09. The van der Waals surface area contributed by atoms with Crippen molar-refractivity contribution in [2.24, 2.45) is 0 Å². The molecule has 0 aliphatic rings. The van der Waals surface area contributed by atoms with E-state index in [1.165, 1.54) is 4.90 Å². The molecule has 0 saturated carbocycles. The van der Waals surface area contributed by atoms with Crippen LogP contribution in [-0.4, -0.2) is 25.0 Å². The number of rotatable bonds is 1. The number of urea groups is 1. The van der Waals surface area contributed by atoms with E-state index in [9.17, 15) is 4.79 Å². The van der Waals surface area contributed by atoms with Crippen molar-refractivity contribution >= 4 is 11.7 Å². The highest BCUT2D eigenvalue weighted by Gasteiger charge is 2.02. The molecule has 1 aromatic rings. The number of carbonyl (C=O) groups is 1. The lowest BCUT2D eigenvalue weighted by molar-refractivity contribution is 0.230. The van der Waals surface area contributed by atoms with Gasteiger partial charge >= 0.3 is 6.03 Å². The Morgan fingerprint density at radius 1 is 1.31 bits per heavy atom. The second kappa shape index (κ2) is 3.94. The van der Waals surface area contributed by atoms with Crippen LogP contribution < -0.4 is 5.32 Å². The van der Waals surface area contributed by atoms with E-state index in [-0.39, 0.29) is 6.03 Å². The minimum atomic E-state index is -0.128. The van der Waals surface area contributed by atoms with Gasteiger partial charge in [0.25, 0.3) is 0 Å². The van der Waals surface area contributed by atoms with Gasteiger partial charge in [-0.15, -0.1) is 0 Å². The van der Waals surface area contributed by atoms with E-state index >= 15 is 0 Å². The maximum Gasteiger partial charge on any atom is 0.321 e. The molecule has 1 aromatic carbocycles. The van der Waals surface area contributed by atoms with Gasteiger partial charge in [-0.2, -0.15) is 0 Å². The number of hydrogen-bond acceptors (Lipinski definition) is 1. The molecule has 69 valence electrons. The molecule has 2 amide bonds. The van der Waals surface area contributed by atoms with Crippen molar-refractivity contribution in [1.29, 1.82) is 0 Å². The van der Waals surface area contributed by atoms with Crippen LogP contribution in [0.1, 0.15) is 5.56 Å². The Kier molecular flexibility index (Phi) is 2.90. The molecular formula is C10H13N2O. The summed E-state index contributed by atoms with van der Waals surface area (Å²) in [6.07, 6.45) is 0. The van der Waals surface area contributed by atoms with E-state index in [0.29, 0.717) is 0 Å². The molecule has 0 fully saturated rings. The highest BCUT2D eigenvalue weighted by atomic mass is 16.2. The van der Waals surface area contributed by atoms with E-state index in [1.54, 1.807) is 14.1 Å². The fourth-order valence-electron chi connectivity index (χ4n) is 0.823. The van der Waals surface area contributed by atoms with Crippen LogP contribution in [0.5, 0.6) is 0 Å². The van der Waals surface area contributed by atoms with E-state index in [1.807, 2.05) is 24.3 Å². The summed E-state index contributed by atoms with van der Waals surface area (Å²) in [5.74, 6) is 0. The van der Waals surface area contributed by atoms with Crippen molar-refractivity contribution in [2.75, 3.05) is 19.4 Å². The Balaban J connectivity index is 2.65. The van der Waals surface area contributed by atoms with Gasteiger partial charge in [0, 0.05) is 19.8 Å². The molecule has 0 aliphatic heterocycles. The van der Waals surface area contributed by atoms with Crippen LogP contribution in [0.3, 0.4) is 0 Å². The first-order valence-corrected chi connectivity index (χ1v) is 4.00. The molecule has 0 unspecified atom stereocenters. The lowest BCUT2D eigenvalue weighted by Gasteiger charge is -2.11. The van der Waals surface area contributed by atoms with Crippen molar-refractivity contribution < 1.29 is 4.79 Å². The third-order valence-corrected chi connectivity index (χ3v) is 1.61. The predicted molar refractivity (Wildman–Crippen MR) is 53.6 cm³/mol. The quantitative estimate of drug-likeness (QED) is 0.698. The molecule has 1 radical (unpaired) electrons. The average molecular weight is 177 g/mol. The van der Waals surface area contributed by atoms with Crippen LogP contribution in [0.25, 0.3) is 0 Å². The first-order valence-electron chi connectivity index (χ1n) is 4.00. The maximum atomic E-state index is 11.2. The Labute approximate surface area is 78.4 Å². The fourth-order valence-corrected chi connectivity index (χ4v) is 0.823. The van der Waals surface area contributed by atoms with Gasteiger partial charge in [0.05, 0.1) is 0 Å². The van der Waals surface area contributed by atoms with Gasteiger partial charge in [0.2, 0.25) is 0 Å². The molecule has 0 aromatic heterocycles. The van der Waals surface area contributed by atoms with Gasteiger partial charge in [0.1, 0.15) is 0 Å². The number of hydrogen-bond donors (Lipinski definition) is 1. The lowest BCUT2D eigenvalue weighted by atomic mass is 10.2. The van der Waals surface area contributed by atoms with E-state index in [4.69, 9.17) is 0 Å². The largest absolute Gasteiger partial charge is 0.331 e. The second-order valence-electron chi connectivity index (χ2n) is 3.02. The van der Waals surface area contributed by atoms with Gasteiger partial charge in [-0.05, 0) is 24.6 Å². The molecule has 3 nitrogen and oxygen atoms in total. The summed E-state index contributed by atoms with van der Waals surface area (Å²) in [7, 11) is 3.40. The summed E-state index contributed by atoms with van der Waals surface area (Å²) < 4.78 is 0. The van der Waals surface area contributed by atoms with Crippen molar-refractivity contribution in [3.05, 3.63) is 36.8 Å². The standard InChI is InChI=1S/C10H13N2O/c1-8-4-6-9(7-5-8)11-10(13)12(2)3/h4-7H,1H2,2-3H3,(H,11,13). The molecule has 0 saturated heterocycles. The molecule has 0 spiro atoms. The van der Waals surface area contributed by atoms with Crippen LogP contribution in [-0.2, 0) is 0 Å². The number of nitrogens with zero attached hydrogens (tertiary/aromatic N) is 1. The van der Waals surface area contributed by atoms with Crippen LogP contribution in [0.4, 0.5) is 10.5 Å². The third-order valence-electron chi connectivity index (χ3n) is 1.61. The Hall–Kier alpha value is -1.51. The van der Waals surface area contributed by atoms with Crippen LogP contribution in [0, 0.1) is 6.92 Å². The van der Waals surface area contributed by atoms with Gasteiger partial charge in [-0.1, -0.05) is 12.1 Å². The molecular weight excluding hydrogens is 164 g/mol. The summed E-state index contributed by atoms with van der Waals surface area (Å²) in [5, 5.41) is 2.73. The summed E-state index contributed by atoms with van der Waals surface area (Å²) in [5.41, 5.74) is 1.72. The fraction of sp³-hybridized carbons (Fsp3) is 0.200. The summed E-state index contributed by atoms with van der Waals surface area (Å²) in [4.78, 5) is 12.7. The zero-order valence-electron chi connectivity index (χ0n) is 7.87. The van der Waals surface area contributed by atoms with Gasteiger partial charge < -0.3 is 10.2 Å². The molecule has 0 atom stereocenters. The minimum Gasteiger partial charge on any atom is -0.331 e. The van der Waals surface area contributed by atoms with Gasteiger partial charge in [0.15, 0.2) is 0 Å². The predicted octanol–water partition coefficient (Wildman–Crippen LogP) is 1.96. The molecule has 0 heterocycles. The molecule has 13 heavy (non-hydrogen) atoms. The maximum absolute atomic E-state index is 11.2. The zero-order chi connectivity index (χ0) is 9.84. The molecule has 3 heteroatoms.